The summed E-state index contributed by atoms with van der Waals surface area (Å²) in [6.07, 6.45) is 4.27. The predicted octanol–water partition coefficient (Wildman–Crippen LogP) is 3.80. The zero-order valence-corrected chi connectivity index (χ0v) is 11.1. The first-order chi connectivity index (χ1) is 9.83. The van der Waals surface area contributed by atoms with Gasteiger partial charge in [-0.25, -0.2) is 0 Å². The molecule has 20 heavy (non-hydrogen) atoms. The highest BCUT2D eigenvalue weighted by molar-refractivity contribution is 5.74. The SMILES string of the molecule is O=C1C[C@@H](c2ccccc2)[C@H](/C=C/c2ccccc2)O1. The van der Waals surface area contributed by atoms with Gasteiger partial charge in [0.25, 0.3) is 0 Å². The van der Waals surface area contributed by atoms with Crippen LogP contribution in [0, 0.1) is 0 Å². The average Bonchev–Trinajstić information content (AvgIpc) is 2.88. The molecule has 0 saturated carbocycles. The highest BCUT2D eigenvalue weighted by Crippen LogP contribution is 2.33. The largest absolute Gasteiger partial charge is 0.457 e. The molecular formula is C18H16O2. The number of ether oxygens (including phenoxy) is 1. The first kappa shape index (κ1) is 12.7. The number of carbonyl (C=O) groups is 1. The van der Waals surface area contributed by atoms with E-state index in [1.807, 2.05) is 60.7 Å². The minimum absolute atomic E-state index is 0.115. The predicted molar refractivity (Wildman–Crippen MR) is 79.2 cm³/mol. The molecule has 0 aromatic heterocycles. The highest BCUT2D eigenvalue weighted by atomic mass is 16.5. The van der Waals surface area contributed by atoms with Gasteiger partial charge in [0.15, 0.2) is 0 Å². The van der Waals surface area contributed by atoms with Gasteiger partial charge in [0.2, 0.25) is 0 Å². The molecule has 0 unspecified atom stereocenters. The van der Waals surface area contributed by atoms with Crippen LogP contribution in [0.4, 0.5) is 0 Å². The molecule has 100 valence electrons. The van der Waals surface area contributed by atoms with Crippen LogP contribution in [0.5, 0.6) is 0 Å². The minimum Gasteiger partial charge on any atom is -0.457 e. The zero-order chi connectivity index (χ0) is 13.8. The Hall–Kier alpha value is -2.35. The van der Waals surface area contributed by atoms with E-state index < -0.39 is 0 Å². The Labute approximate surface area is 118 Å². The lowest BCUT2D eigenvalue weighted by Gasteiger charge is -2.14. The number of rotatable bonds is 3. The average molecular weight is 264 g/mol. The summed E-state index contributed by atoms with van der Waals surface area (Å²) in [4.78, 5) is 11.6. The molecule has 0 spiro atoms. The molecule has 2 heteroatoms. The highest BCUT2D eigenvalue weighted by Gasteiger charge is 2.33. The standard InChI is InChI=1S/C18H16O2/c19-18-13-16(15-9-5-2-6-10-15)17(20-18)12-11-14-7-3-1-4-8-14/h1-12,16-17H,13H2/b12-11+/t16-,17-/m0/s1. The summed E-state index contributed by atoms with van der Waals surface area (Å²) in [5.41, 5.74) is 2.27. The van der Waals surface area contributed by atoms with Gasteiger partial charge in [-0.1, -0.05) is 66.7 Å². The lowest BCUT2D eigenvalue weighted by Crippen LogP contribution is -2.11. The number of carbonyl (C=O) groups excluding carboxylic acids is 1. The minimum atomic E-state index is -0.176. The Balaban J connectivity index is 1.81. The van der Waals surface area contributed by atoms with Gasteiger partial charge in [-0.05, 0) is 17.2 Å². The monoisotopic (exact) mass is 264 g/mol. The van der Waals surface area contributed by atoms with Crippen LogP contribution in [0.25, 0.3) is 6.08 Å². The summed E-state index contributed by atoms with van der Waals surface area (Å²) < 4.78 is 5.42. The second-order valence-corrected chi connectivity index (χ2v) is 4.95. The second kappa shape index (κ2) is 5.74. The second-order valence-electron chi connectivity index (χ2n) is 4.95. The number of hydrogen-bond donors (Lipinski definition) is 0. The molecule has 0 N–H and O–H groups in total. The van der Waals surface area contributed by atoms with E-state index in [1.165, 1.54) is 0 Å². The number of esters is 1. The van der Waals surface area contributed by atoms with Crippen molar-refractivity contribution in [3.05, 3.63) is 77.9 Å². The number of benzene rings is 2. The fourth-order valence-electron chi connectivity index (χ4n) is 2.53. The quantitative estimate of drug-likeness (QED) is 0.788. The molecule has 2 nitrogen and oxygen atoms in total. The van der Waals surface area contributed by atoms with Crippen molar-refractivity contribution in [3.8, 4) is 0 Å². The van der Waals surface area contributed by atoms with Gasteiger partial charge in [-0.2, -0.15) is 0 Å². The van der Waals surface area contributed by atoms with E-state index in [0.717, 1.165) is 11.1 Å². The maximum absolute atomic E-state index is 11.6. The van der Waals surface area contributed by atoms with Crippen molar-refractivity contribution in [2.24, 2.45) is 0 Å². The summed E-state index contributed by atoms with van der Waals surface area (Å²) >= 11 is 0. The molecule has 2 aromatic rings. The Morgan fingerprint density at radius 1 is 0.950 bits per heavy atom. The summed E-state index contributed by atoms with van der Waals surface area (Å²) in [6, 6.07) is 20.1. The van der Waals surface area contributed by atoms with Crippen molar-refractivity contribution in [1.82, 2.24) is 0 Å². The summed E-state index contributed by atoms with van der Waals surface area (Å²) in [7, 11) is 0. The van der Waals surface area contributed by atoms with Crippen molar-refractivity contribution >= 4 is 12.0 Å². The summed E-state index contributed by atoms with van der Waals surface area (Å²) in [6.45, 7) is 0. The molecule has 1 aliphatic rings. The van der Waals surface area contributed by atoms with E-state index in [-0.39, 0.29) is 18.0 Å². The van der Waals surface area contributed by atoms with E-state index >= 15 is 0 Å². The van der Waals surface area contributed by atoms with Gasteiger partial charge in [-0.15, -0.1) is 0 Å². The molecule has 1 fully saturated rings. The van der Waals surface area contributed by atoms with Crippen LogP contribution in [-0.4, -0.2) is 12.1 Å². The van der Waals surface area contributed by atoms with E-state index in [2.05, 4.69) is 12.1 Å². The van der Waals surface area contributed by atoms with E-state index in [0.29, 0.717) is 6.42 Å². The van der Waals surface area contributed by atoms with Crippen molar-refractivity contribution in [3.63, 3.8) is 0 Å². The van der Waals surface area contributed by atoms with Crippen LogP contribution in [0.2, 0.25) is 0 Å². The fraction of sp³-hybridized carbons (Fsp3) is 0.167. The van der Waals surface area contributed by atoms with Crippen LogP contribution in [-0.2, 0) is 9.53 Å². The van der Waals surface area contributed by atoms with E-state index in [4.69, 9.17) is 4.74 Å². The van der Waals surface area contributed by atoms with Gasteiger partial charge in [-0.3, -0.25) is 4.79 Å². The Kier molecular flexibility index (Phi) is 3.64. The van der Waals surface area contributed by atoms with E-state index in [1.54, 1.807) is 0 Å². The Morgan fingerprint density at radius 3 is 2.30 bits per heavy atom. The van der Waals surface area contributed by atoms with Crippen molar-refractivity contribution in [2.75, 3.05) is 0 Å². The molecule has 0 aliphatic carbocycles. The molecule has 0 bridgehead atoms. The molecule has 3 rings (SSSR count). The van der Waals surface area contributed by atoms with Crippen LogP contribution < -0.4 is 0 Å². The van der Waals surface area contributed by atoms with Crippen LogP contribution >= 0.6 is 0 Å². The van der Waals surface area contributed by atoms with Gasteiger partial charge < -0.3 is 4.74 Å². The molecule has 2 aromatic carbocycles. The molecular weight excluding hydrogens is 248 g/mol. The van der Waals surface area contributed by atoms with Crippen molar-refractivity contribution in [2.45, 2.75) is 18.4 Å². The first-order valence-corrected chi connectivity index (χ1v) is 6.80. The molecule has 1 saturated heterocycles. The Bertz CT molecular complexity index is 602. The number of hydrogen-bond acceptors (Lipinski definition) is 2. The van der Waals surface area contributed by atoms with Crippen molar-refractivity contribution in [1.29, 1.82) is 0 Å². The van der Waals surface area contributed by atoms with Crippen LogP contribution in [0.15, 0.2) is 66.7 Å². The van der Waals surface area contributed by atoms with Gasteiger partial charge in [0.05, 0.1) is 6.42 Å². The van der Waals surface area contributed by atoms with Crippen LogP contribution in [0.3, 0.4) is 0 Å². The third-order valence-corrected chi connectivity index (χ3v) is 3.56. The molecule has 1 aliphatic heterocycles. The molecule has 2 atom stereocenters. The van der Waals surface area contributed by atoms with Crippen LogP contribution in [0.1, 0.15) is 23.5 Å². The van der Waals surface area contributed by atoms with E-state index in [9.17, 15) is 4.79 Å². The first-order valence-electron chi connectivity index (χ1n) is 6.80. The topological polar surface area (TPSA) is 26.3 Å². The maximum Gasteiger partial charge on any atom is 0.307 e. The lowest BCUT2D eigenvalue weighted by molar-refractivity contribution is -0.139. The molecule has 1 heterocycles. The smallest absolute Gasteiger partial charge is 0.307 e. The molecule has 0 amide bonds. The zero-order valence-electron chi connectivity index (χ0n) is 11.1. The normalized spacial score (nSPS) is 22.1. The summed E-state index contributed by atoms with van der Waals surface area (Å²) in [5, 5.41) is 0. The Morgan fingerprint density at radius 2 is 1.60 bits per heavy atom. The van der Waals surface area contributed by atoms with Gasteiger partial charge >= 0.3 is 5.97 Å². The fourth-order valence-corrected chi connectivity index (χ4v) is 2.53. The third-order valence-electron chi connectivity index (χ3n) is 3.56. The number of cyclic esters (lactones) is 1. The van der Waals surface area contributed by atoms with Crippen molar-refractivity contribution < 1.29 is 9.53 Å². The third kappa shape index (κ3) is 2.80. The molecule has 0 radical (unpaired) electrons. The van der Waals surface area contributed by atoms with Gasteiger partial charge in [0.1, 0.15) is 6.10 Å². The lowest BCUT2D eigenvalue weighted by atomic mass is 9.92. The van der Waals surface area contributed by atoms with Gasteiger partial charge in [0, 0.05) is 5.92 Å². The maximum atomic E-state index is 11.6. The summed E-state index contributed by atoms with van der Waals surface area (Å²) in [5.74, 6) is -0.00905.